The molecule has 1 aliphatic carbocycles. The van der Waals surface area contributed by atoms with Gasteiger partial charge in [-0.25, -0.2) is 4.79 Å². The molecule has 2 aromatic carbocycles. The van der Waals surface area contributed by atoms with Crippen molar-refractivity contribution in [2.75, 3.05) is 5.32 Å². The summed E-state index contributed by atoms with van der Waals surface area (Å²) >= 11 is 14.7. The van der Waals surface area contributed by atoms with E-state index in [9.17, 15) is 20.0 Å². The Morgan fingerprint density at radius 3 is 2.72 bits per heavy atom. The van der Waals surface area contributed by atoms with Gasteiger partial charge in [0, 0.05) is 17.2 Å². The van der Waals surface area contributed by atoms with Gasteiger partial charge in [0.25, 0.3) is 5.69 Å². The molecule has 152 valence electrons. The number of hydrogen-bond acceptors (Lipinski definition) is 5. The van der Waals surface area contributed by atoms with Gasteiger partial charge in [0.1, 0.15) is 6.04 Å². The smallest absolute Gasteiger partial charge is 0.326 e. The number of carboxylic acids is 1. The second kappa shape index (κ2) is 7.70. The molecule has 9 heteroatoms. The highest BCUT2D eigenvalue weighted by atomic mass is 35.5. The van der Waals surface area contributed by atoms with Gasteiger partial charge in [0.2, 0.25) is 0 Å². The van der Waals surface area contributed by atoms with Crippen molar-refractivity contribution in [2.24, 2.45) is 5.92 Å². The van der Waals surface area contributed by atoms with E-state index in [1.165, 1.54) is 17.8 Å². The van der Waals surface area contributed by atoms with Crippen molar-refractivity contribution in [1.82, 2.24) is 0 Å². The number of aryl methyl sites for hydroxylation is 1. The third-order valence-corrected chi connectivity index (χ3v) is 8.32. The SMILES string of the molecule is Cc1ccc2c(c1Cl)N[C@H](C(=O)O)[C@@H]1C[C@H](Sc3ccccc3[N+](=O)[O-])[C@H](Cl)[C@H]21. The summed E-state index contributed by atoms with van der Waals surface area (Å²) in [6.07, 6.45) is 0.532. The van der Waals surface area contributed by atoms with Gasteiger partial charge in [-0.3, -0.25) is 10.1 Å². The van der Waals surface area contributed by atoms with Crippen molar-refractivity contribution >= 4 is 52.3 Å². The van der Waals surface area contributed by atoms with Crippen LogP contribution in [0.15, 0.2) is 41.3 Å². The Kier molecular flexibility index (Phi) is 5.40. The number of anilines is 1. The van der Waals surface area contributed by atoms with Gasteiger partial charge in [0.15, 0.2) is 0 Å². The average molecular weight is 453 g/mol. The van der Waals surface area contributed by atoms with Crippen LogP contribution in [0.2, 0.25) is 5.02 Å². The first-order valence-corrected chi connectivity index (χ1v) is 10.8. The first-order valence-electron chi connectivity index (χ1n) is 9.12. The molecular formula is C20H18Cl2N2O4S. The zero-order chi connectivity index (χ0) is 20.9. The molecule has 1 saturated carbocycles. The summed E-state index contributed by atoms with van der Waals surface area (Å²) in [4.78, 5) is 23.5. The summed E-state index contributed by atoms with van der Waals surface area (Å²) in [6, 6.07) is 9.59. The minimum atomic E-state index is -0.955. The van der Waals surface area contributed by atoms with E-state index in [1.54, 1.807) is 18.2 Å². The lowest BCUT2D eigenvalue weighted by Crippen LogP contribution is -2.42. The van der Waals surface area contributed by atoms with Crippen LogP contribution in [0.25, 0.3) is 0 Å². The van der Waals surface area contributed by atoms with E-state index in [1.807, 2.05) is 19.1 Å². The summed E-state index contributed by atoms with van der Waals surface area (Å²) in [5.74, 6) is -1.39. The molecule has 0 radical (unpaired) electrons. The van der Waals surface area contributed by atoms with Gasteiger partial charge in [-0.2, -0.15) is 0 Å². The summed E-state index contributed by atoms with van der Waals surface area (Å²) in [5.41, 5.74) is 2.43. The number of fused-ring (bicyclic) bond motifs is 3. The predicted molar refractivity (Wildman–Crippen MR) is 114 cm³/mol. The van der Waals surface area contributed by atoms with Crippen LogP contribution in [-0.4, -0.2) is 32.7 Å². The van der Waals surface area contributed by atoms with Crippen molar-refractivity contribution in [3.8, 4) is 0 Å². The quantitative estimate of drug-likeness (QED) is 0.371. The number of alkyl halides is 1. The van der Waals surface area contributed by atoms with Crippen molar-refractivity contribution in [1.29, 1.82) is 0 Å². The molecule has 0 bridgehead atoms. The monoisotopic (exact) mass is 452 g/mol. The largest absolute Gasteiger partial charge is 0.480 e. The number of nitrogens with one attached hydrogen (secondary N) is 1. The maximum Gasteiger partial charge on any atom is 0.326 e. The van der Waals surface area contributed by atoms with Crippen LogP contribution in [0.3, 0.4) is 0 Å². The number of benzene rings is 2. The highest BCUT2D eigenvalue weighted by molar-refractivity contribution is 8.00. The molecule has 0 unspecified atom stereocenters. The summed E-state index contributed by atoms with van der Waals surface area (Å²) in [6.45, 7) is 1.87. The molecule has 0 amide bonds. The number of rotatable bonds is 4. The van der Waals surface area contributed by atoms with Crippen LogP contribution in [0.1, 0.15) is 23.5 Å². The normalized spacial score (nSPS) is 27.6. The van der Waals surface area contributed by atoms with Gasteiger partial charge < -0.3 is 10.4 Å². The van der Waals surface area contributed by atoms with Gasteiger partial charge in [-0.1, -0.05) is 35.9 Å². The number of nitrogens with zero attached hydrogens (tertiary/aromatic N) is 1. The summed E-state index contributed by atoms with van der Waals surface area (Å²) in [7, 11) is 0. The molecule has 29 heavy (non-hydrogen) atoms. The van der Waals surface area contributed by atoms with Crippen LogP contribution in [0, 0.1) is 23.0 Å². The fourth-order valence-electron chi connectivity index (χ4n) is 4.37. The highest BCUT2D eigenvalue weighted by Crippen LogP contribution is 2.56. The second-order valence-electron chi connectivity index (χ2n) is 7.37. The number of hydrogen-bond donors (Lipinski definition) is 2. The molecule has 0 aromatic heterocycles. The fourth-order valence-corrected chi connectivity index (χ4v) is 6.54. The van der Waals surface area contributed by atoms with E-state index in [-0.39, 0.29) is 28.2 Å². The fraction of sp³-hybridized carbons (Fsp3) is 0.350. The lowest BCUT2D eigenvalue weighted by Gasteiger charge is -2.36. The zero-order valence-corrected chi connectivity index (χ0v) is 17.7. The second-order valence-corrected chi connectivity index (χ2v) is 9.53. The Morgan fingerprint density at radius 2 is 2.03 bits per heavy atom. The zero-order valence-electron chi connectivity index (χ0n) is 15.3. The van der Waals surface area contributed by atoms with Crippen LogP contribution in [0.4, 0.5) is 11.4 Å². The Balaban J connectivity index is 1.72. The molecule has 0 spiro atoms. The molecule has 2 aliphatic rings. The van der Waals surface area contributed by atoms with Crippen LogP contribution in [-0.2, 0) is 4.79 Å². The molecule has 6 nitrogen and oxygen atoms in total. The number of nitro groups is 1. The van der Waals surface area contributed by atoms with Crippen molar-refractivity contribution in [3.05, 3.63) is 62.7 Å². The molecule has 0 saturated heterocycles. The minimum Gasteiger partial charge on any atom is -0.480 e. The number of carboxylic acid groups (broad SMARTS) is 1. The molecule has 1 fully saturated rings. The summed E-state index contributed by atoms with van der Waals surface area (Å²) < 4.78 is 0. The van der Waals surface area contributed by atoms with E-state index in [2.05, 4.69) is 5.32 Å². The minimum absolute atomic E-state index is 0.0308. The average Bonchev–Trinajstić information content (AvgIpc) is 3.00. The third kappa shape index (κ3) is 3.45. The molecule has 2 aromatic rings. The van der Waals surface area contributed by atoms with Crippen molar-refractivity contribution in [3.63, 3.8) is 0 Å². The standard InChI is InChI=1S/C20H18Cl2N2O4S/c1-9-6-7-10-15-11(19(20(25)26)23-18(10)16(9)21)8-14(17(15)22)29-13-5-3-2-4-12(13)24(27)28/h2-7,11,14-15,17,19,23H,8H2,1H3,(H,25,26)/t11-,14+,15-,17+,19+/m1/s1. The number of thioether (sulfide) groups is 1. The van der Waals surface area contributed by atoms with Crippen molar-refractivity contribution < 1.29 is 14.8 Å². The molecule has 4 rings (SSSR count). The van der Waals surface area contributed by atoms with E-state index >= 15 is 0 Å². The number of halogens is 2. The Bertz CT molecular complexity index is 1000. The predicted octanol–water partition coefficient (Wildman–Crippen LogP) is 5.31. The van der Waals surface area contributed by atoms with Crippen LogP contribution < -0.4 is 5.32 Å². The number of carbonyl (C=O) groups is 1. The van der Waals surface area contributed by atoms with Gasteiger partial charge in [-0.05, 0) is 36.5 Å². The maximum absolute atomic E-state index is 12.0. The van der Waals surface area contributed by atoms with Gasteiger partial charge >= 0.3 is 5.97 Å². The lowest BCUT2D eigenvalue weighted by molar-refractivity contribution is -0.387. The Hall–Kier alpha value is -1.96. The Labute approximate surface area is 181 Å². The molecular weight excluding hydrogens is 435 g/mol. The topological polar surface area (TPSA) is 92.5 Å². The van der Waals surface area contributed by atoms with E-state index < -0.39 is 16.9 Å². The number of nitro benzene ring substituents is 1. The maximum atomic E-state index is 12.0. The molecule has 5 atom stereocenters. The molecule has 1 heterocycles. The van der Waals surface area contributed by atoms with E-state index in [0.717, 1.165) is 11.1 Å². The third-order valence-electron chi connectivity index (χ3n) is 5.72. The Morgan fingerprint density at radius 1 is 1.31 bits per heavy atom. The first-order chi connectivity index (χ1) is 13.8. The highest BCUT2D eigenvalue weighted by Gasteiger charge is 2.52. The molecule has 2 N–H and O–H groups in total. The van der Waals surface area contributed by atoms with Crippen LogP contribution >= 0.6 is 35.0 Å². The lowest BCUT2D eigenvalue weighted by atomic mass is 9.79. The number of para-hydroxylation sites is 1. The van der Waals surface area contributed by atoms with E-state index in [0.29, 0.717) is 22.0 Å². The van der Waals surface area contributed by atoms with Gasteiger partial charge in [-0.15, -0.1) is 23.4 Å². The molecule has 1 aliphatic heterocycles. The summed E-state index contributed by atoms with van der Waals surface area (Å²) in [5, 5.41) is 24.2. The van der Waals surface area contributed by atoms with Crippen molar-refractivity contribution in [2.45, 2.75) is 40.8 Å². The first kappa shape index (κ1) is 20.3. The van der Waals surface area contributed by atoms with E-state index in [4.69, 9.17) is 23.2 Å². The number of aliphatic carboxylic acids is 1. The van der Waals surface area contributed by atoms with Crippen LogP contribution in [0.5, 0.6) is 0 Å². The van der Waals surface area contributed by atoms with Gasteiger partial charge in [0.05, 0.1) is 25.9 Å².